The molecule has 1 aliphatic heterocycles. The Kier molecular flexibility index (Phi) is 3.08. The molecule has 0 spiro atoms. The summed E-state index contributed by atoms with van der Waals surface area (Å²) in [7, 11) is 0. The molecule has 1 saturated heterocycles. The van der Waals surface area contributed by atoms with Gasteiger partial charge in [0.1, 0.15) is 0 Å². The highest BCUT2D eigenvalue weighted by Crippen LogP contribution is 2.26. The molecule has 1 fully saturated rings. The van der Waals surface area contributed by atoms with E-state index < -0.39 is 0 Å². The second-order valence-corrected chi connectivity index (χ2v) is 5.90. The van der Waals surface area contributed by atoms with Crippen molar-refractivity contribution in [1.82, 2.24) is 0 Å². The summed E-state index contributed by atoms with van der Waals surface area (Å²) < 4.78 is 1.08. The van der Waals surface area contributed by atoms with E-state index >= 15 is 0 Å². The Morgan fingerprint density at radius 3 is 2.94 bits per heavy atom. The topological polar surface area (TPSA) is 20.3 Å². The molecule has 2 aromatic rings. The first-order chi connectivity index (χ1) is 8.77. The summed E-state index contributed by atoms with van der Waals surface area (Å²) in [6.45, 7) is 3.24. The van der Waals surface area contributed by atoms with Gasteiger partial charge in [0.2, 0.25) is 5.43 Å². The van der Waals surface area contributed by atoms with Crippen LogP contribution >= 0.6 is 11.3 Å². The summed E-state index contributed by atoms with van der Waals surface area (Å²) in [5.41, 5.74) is 1.09. The molecule has 3 rings (SSSR count). The summed E-state index contributed by atoms with van der Waals surface area (Å²) in [6.07, 6.45) is 3.67. The normalized spacial score (nSPS) is 20.3. The van der Waals surface area contributed by atoms with E-state index in [1.807, 2.05) is 29.6 Å². The van der Waals surface area contributed by atoms with Crippen LogP contribution in [-0.4, -0.2) is 12.6 Å². The van der Waals surface area contributed by atoms with E-state index in [0.29, 0.717) is 6.04 Å². The number of benzene rings is 1. The average molecular weight is 259 g/mol. The van der Waals surface area contributed by atoms with Gasteiger partial charge >= 0.3 is 0 Å². The van der Waals surface area contributed by atoms with Crippen molar-refractivity contribution in [3.8, 4) is 0 Å². The van der Waals surface area contributed by atoms with Crippen LogP contribution in [0, 0.1) is 0 Å². The minimum Gasteiger partial charge on any atom is -0.365 e. The Balaban J connectivity index is 2.12. The maximum absolute atomic E-state index is 12.5. The Morgan fingerprint density at radius 2 is 2.11 bits per heavy atom. The second-order valence-electron chi connectivity index (χ2n) is 4.98. The Hall–Kier alpha value is -1.35. The number of anilines is 1. The Labute approximate surface area is 111 Å². The molecule has 0 bridgehead atoms. The van der Waals surface area contributed by atoms with Gasteiger partial charge in [0, 0.05) is 28.1 Å². The van der Waals surface area contributed by atoms with Gasteiger partial charge in [-0.05, 0) is 38.3 Å². The van der Waals surface area contributed by atoms with Gasteiger partial charge in [0.05, 0.1) is 5.69 Å². The van der Waals surface area contributed by atoms with Crippen LogP contribution in [0.15, 0.2) is 34.4 Å². The van der Waals surface area contributed by atoms with E-state index in [4.69, 9.17) is 0 Å². The van der Waals surface area contributed by atoms with Gasteiger partial charge in [-0.25, -0.2) is 0 Å². The molecule has 0 saturated carbocycles. The standard InChI is InChI=1S/C15H17NOS/c1-11-6-4-5-9-16(11)13-10-18-14-8-3-2-7-12(14)15(13)17/h2-3,7-8,10-11H,4-6,9H2,1H3. The highest BCUT2D eigenvalue weighted by molar-refractivity contribution is 7.16. The predicted molar refractivity (Wildman–Crippen MR) is 78.8 cm³/mol. The quantitative estimate of drug-likeness (QED) is 0.779. The molecular weight excluding hydrogens is 242 g/mol. The minimum atomic E-state index is 0.193. The van der Waals surface area contributed by atoms with Crippen molar-refractivity contribution in [1.29, 1.82) is 0 Å². The van der Waals surface area contributed by atoms with E-state index in [1.54, 1.807) is 11.3 Å². The lowest BCUT2D eigenvalue weighted by molar-refractivity contribution is 0.484. The third-order valence-electron chi connectivity index (χ3n) is 3.77. The molecule has 0 amide bonds. The zero-order valence-electron chi connectivity index (χ0n) is 10.6. The summed E-state index contributed by atoms with van der Waals surface area (Å²) >= 11 is 1.67. The van der Waals surface area contributed by atoms with Crippen LogP contribution in [0.25, 0.3) is 10.1 Å². The van der Waals surface area contributed by atoms with Crippen molar-refractivity contribution in [2.24, 2.45) is 0 Å². The third kappa shape index (κ3) is 1.93. The molecule has 18 heavy (non-hydrogen) atoms. The van der Waals surface area contributed by atoms with Crippen LogP contribution in [0.3, 0.4) is 0 Å². The average Bonchev–Trinajstić information content (AvgIpc) is 2.41. The SMILES string of the molecule is CC1CCCCN1c1csc2ccccc2c1=O. The zero-order valence-corrected chi connectivity index (χ0v) is 11.4. The Morgan fingerprint density at radius 1 is 1.28 bits per heavy atom. The van der Waals surface area contributed by atoms with Crippen molar-refractivity contribution in [2.45, 2.75) is 32.2 Å². The number of fused-ring (bicyclic) bond motifs is 1. The summed E-state index contributed by atoms with van der Waals surface area (Å²) in [5.74, 6) is 0. The van der Waals surface area contributed by atoms with E-state index in [1.165, 1.54) is 19.3 Å². The molecule has 0 aliphatic carbocycles. The summed E-state index contributed by atoms with van der Waals surface area (Å²) in [6, 6.07) is 8.37. The number of rotatable bonds is 1. The van der Waals surface area contributed by atoms with Gasteiger partial charge in [0.15, 0.2) is 0 Å². The Bertz CT molecular complexity index is 619. The van der Waals surface area contributed by atoms with Crippen LogP contribution in [0.2, 0.25) is 0 Å². The zero-order chi connectivity index (χ0) is 12.5. The van der Waals surface area contributed by atoms with Crippen LogP contribution in [0.4, 0.5) is 5.69 Å². The van der Waals surface area contributed by atoms with E-state index in [9.17, 15) is 4.79 Å². The highest BCUT2D eigenvalue weighted by Gasteiger charge is 2.21. The second kappa shape index (κ2) is 4.73. The maximum Gasteiger partial charge on any atom is 0.211 e. The fourth-order valence-corrected chi connectivity index (χ4v) is 3.65. The number of piperidine rings is 1. The van der Waals surface area contributed by atoms with Gasteiger partial charge in [-0.2, -0.15) is 0 Å². The molecule has 2 nitrogen and oxygen atoms in total. The molecule has 1 atom stereocenters. The molecular formula is C15H17NOS. The van der Waals surface area contributed by atoms with E-state index in [0.717, 1.165) is 22.3 Å². The van der Waals surface area contributed by atoms with Crippen molar-refractivity contribution in [2.75, 3.05) is 11.4 Å². The molecule has 1 aliphatic rings. The fourth-order valence-electron chi connectivity index (χ4n) is 2.72. The molecule has 1 unspecified atom stereocenters. The van der Waals surface area contributed by atoms with Crippen molar-refractivity contribution in [3.63, 3.8) is 0 Å². The summed E-state index contributed by atoms with van der Waals surface area (Å²) in [5, 5.41) is 2.89. The van der Waals surface area contributed by atoms with Crippen molar-refractivity contribution in [3.05, 3.63) is 39.9 Å². The first-order valence-electron chi connectivity index (χ1n) is 6.54. The van der Waals surface area contributed by atoms with Gasteiger partial charge < -0.3 is 4.90 Å². The molecule has 0 N–H and O–H groups in total. The molecule has 2 heterocycles. The van der Waals surface area contributed by atoms with Crippen LogP contribution < -0.4 is 10.3 Å². The number of hydrogen-bond donors (Lipinski definition) is 0. The van der Waals surface area contributed by atoms with Crippen LogP contribution in [0.5, 0.6) is 0 Å². The van der Waals surface area contributed by atoms with Crippen LogP contribution in [0.1, 0.15) is 26.2 Å². The summed E-state index contributed by atoms with van der Waals surface area (Å²) in [4.78, 5) is 14.8. The van der Waals surface area contributed by atoms with Gasteiger partial charge in [0.25, 0.3) is 0 Å². The lowest BCUT2D eigenvalue weighted by Gasteiger charge is -2.34. The van der Waals surface area contributed by atoms with Crippen molar-refractivity contribution >= 4 is 27.1 Å². The lowest BCUT2D eigenvalue weighted by Crippen LogP contribution is -2.39. The van der Waals surface area contributed by atoms with E-state index in [-0.39, 0.29) is 5.43 Å². The minimum absolute atomic E-state index is 0.193. The molecule has 0 radical (unpaired) electrons. The molecule has 94 valence electrons. The third-order valence-corrected chi connectivity index (χ3v) is 4.73. The monoisotopic (exact) mass is 259 g/mol. The van der Waals surface area contributed by atoms with Gasteiger partial charge in [-0.3, -0.25) is 4.79 Å². The van der Waals surface area contributed by atoms with Crippen LogP contribution in [-0.2, 0) is 0 Å². The van der Waals surface area contributed by atoms with Crippen molar-refractivity contribution < 1.29 is 0 Å². The largest absolute Gasteiger partial charge is 0.365 e. The number of hydrogen-bond acceptors (Lipinski definition) is 3. The first-order valence-corrected chi connectivity index (χ1v) is 7.42. The number of nitrogens with zero attached hydrogens (tertiary/aromatic N) is 1. The molecule has 3 heteroatoms. The predicted octanol–water partition coefficient (Wildman–Crippen LogP) is 3.64. The smallest absolute Gasteiger partial charge is 0.211 e. The van der Waals surface area contributed by atoms with Gasteiger partial charge in [-0.1, -0.05) is 12.1 Å². The van der Waals surface area contributed by atoms with E-state index in [2.05, 4.69) is 11.8 Å². The molecule has 1 aromatic heterocycles. The van der Waals surface area contributed by atoms with Gasteiger partial charge in [-0.15, -0.1) is 11.3 Å². The lowest BCUT2D eigenvalue weighted by atomic mass is 10.0. The molecule has 1 aromatic carbocycles. The fraction of sp³-hybridized carbons (Fsp3) is 0.400. The highest BCUT2D eigenvalue weighted by atomic mass is 32.1. The maximum atomic E-state index is 12.5. The first kappa shape index (κ1) is 11.7.